The van der Waals surface area contributed by atoms with Gasteiger partial charge in [0.15, 0.2) is 0 Å². The number of nitrogens with one attached hydrogen (secondary N) is 1. The number of methoxy groups -OCH3 is 1. The van der Waals surface area contributed by atoms with Crippen molar-refractivity contribution >= 4 is 11.6 Å². The van der Waals surface area contributed by atoms with Crippen molar-refractivity contribution in [1.29, 1.82) is 0 Å². The summed E-state index contributed by atoms with van der Waals surface area (Å²) in [5.74, 6) is -0.743. The minimum atomic E-state index is -0.862. The van der Waals surface area contributed by atoms with Gasteiger partial charge in [0, 0.05) is 19.2 Å². The molecule has 110 valence electrons. The van der Waals surface area contributed by atoms with Crippen LogP contribution in [0, 0.1) is 12.7 Å². The number of anilines is 1. The van der Waals surface area contributed by atoms with Crippen LogP contribution in [0.4, 0.5) is 10.1 Å². The van der Waals surface area contributed by atoms with Gasteiger partial charge in [0.1, 0.15) is 11.4 Å². The van der Waals surface area contributed by atoms with Crippen LogP contribution in [-0.4, -0.2) is 24.7 Å². The van der Waals surface area contributed by atoms with Gasteiger partial charge in [-0.25, -0.2) is 4.39 Å². The van der Waals surface area contributed by atoms with Crippen LogP contribution in [0.5, 0.6) is 0 Å². The molecule has 2 unspecified atom stereocenters. The molecule has 1 fully saturated rings. The van der Waals surface area contributed by atoms with E-state index in [2.05, 4.69) is 5.32 Å². The molecule has 0 spiro atoms. The molecule has 0 aliphatic heterocycles. The van der Waals surface area contributed by atoms with Gasteiger partial charge in [0.25, 0.3) is 0 Å². The zero-order valence-electron chi connectivity index (χ0n) is 11.9. The normalized spacial score (nSPS) is 26.2. The minimum absolute atomic E-state index is 0.00148. The summed E-state index contributed by atoms with van der Waals surface area (Å²) in [7, 11) is 1.63. The number of aryl methyl sites for hydroxylation is 1. The fourth-order valence-electron chi connectivity index (χ4n) is 2.91. The summed E-state index contributed by atoms with van der Waals surface area (Å²) in [5, 5.41) is 3.15. The summed E-state index contributed by atoms with van der Waals surface area (Å²) >= 11 is 0. The predicted molar refractivity (Wildman–Crippen MR) is 76.0 cm³/mol. The second-order valence-corrected chi connectivity index (χ2v) is 5.54. The highest BCUT2D eigenvalue weighted by Crippen LogP contribution is 2.33. The third-order valence-corrected chi connectivity index (χ3v) is 3.94. The monoisotopic (exact) mass is 280 g/mol. The van der Waals surface area contributed by atoms with Crippen molar-refractivity contribution in [3.8, 4) is 0 Å². The molecule has 0 saturated heterocycles. The second-order valence-electron chi connectivity index (χ2n) is 5.54. The minimum Gasteiger partial charge on any atom is -0.381 e. The molecule has 5 heteroatoms. The van der Waals surface area contributed by atoms with Gasteiger partial charge in [-0.15, -0.1) is 0 Å². The molecule has 3 N–H and O–H groups in total. The Hall–Kier alpha value is -1.62. The Morgan fingerprint density at radius 3 is 2.85 bits per heavy atom. The van der Waals surface area contributed by atoms with Crippen molar-refractivity contribution in [3.05, 3.63) is 29.6 Å². The Kier molecular flexibility index (Phi) is 4.28. The fraction of sp³-hybridized carbons (Fsp3) is 0.533. The van der Waals surface area contributed by atoms with Crippen molar-refractivity contribution in [2.24, 2.45) is 5.73 Å². The number of carbonyl (C=O) groups is 1. The number of rotatable bonds is 4. The van der Waals surface area contributed by atoms with Gasteiger partial charge in [0.05, 0.1) is 6.10 Å². The highest BCUT2D eigenvalue weighted by atomic mass is 19.1. The lowest BCUT2D eigenvalue weighted by Crippen LogP contribution is -2.54. The van der Waals surface area contributed by atoms with E-state index in [-0.39, 0.29) is 11.9 Å². The molecule has 1 aromatic carbocycles. The fourth-order valence-corrected chi connectivity index (χ4v) is 2.91. The van der Waals surface area contributed by atoms with Gasteiger partial charge in [-0.05, 0) is 49.9 Å². The van der Waals surface area contributed by atoms with E-state index in [1.165, 1.54) is 12.1 Å². The highest BCUT2D eigenvalue weighted by molar-refractivity contribution is 5.88. The van der Waals surface area contributed by atoms with Gasteiger partial charge in [-0.1, -0.05) is 0 Å². The van der Waals surface area contributed by atoms with Crippen LogP contribution in [0.1, 0.15) is 31.2 Å². The molecular formula is C15H21FN2O2. The number of carbonyl (C=O) groups excluding carboxylic acids is 1. The van der Waals surface area contributed by atoms with E-state index < -0.39 is 11.4 Å². The first-order valence-corrected chi connectivity index (χ1v) is 6.83. The Bertz CT molecular complexity index is 486. The van der Waals surface area contributed by atoms with Crippen molar-refractivity contribution in [3.63, 3.8) is 0 Å². The summed E-state index contributed by atoms with van der Waals surface area (Å²) in [6.07, 6.45) is 2.91. The maximum Gasteiger partial charge on any atom is 0.243 e. The zero-order chi connectivity index (χ0) is 14.8. The molecule has 1 amide bonds. The number of nitrogens with two attached hydrogens (primary N) is 1. The lowest BCUT2D eigenvalue weighted by Gasteiger charge is -2.39. The van der Waals surface area contributed by atoms with Crippen molar-refractivity contribution < 1.29 is 13.9 Å². The van der Waals surface area contributed by atoms with E-state index in [1.54, 1.807) is 7.11 Å². The summed E-state index contributed by atoms with van der Waals surface area (Å²) in [5.41, 5.74) is 6.11. The molecule has 2 rings (SSSR count). The maximum atomic E-state index is 13.5. The third kappa shape index (κ3) is 3.10. The molecule has 1 aliphatic carbocycles. The van der Waals surface area contributed by atoms with E-state index in [0.717, 1.165) is 18.4 Å². The molecule has 0 aromatic heterocycles. The van der Waals surface area contributed by atoms with Crippen LogP contribution in [-0.2, 0) is 9.53 Å². The second kappa shape index (κ2) is 5.79. The zero-order valence-corrected chi connectivity index (χ0v) is 11.9. The lowest BCUT2D eigenvalue weighted by molar-refractivity contribution is -0.125. The topological polar surface area (TPSA) is 64.3 Å². The van der Waals surface area contributed by atoms with Crippen LogP contribution in [0.2, 0.25) is 0 Å². The van der Waals surface area contributed by atoms with Crippen LogP contribution >= 0.6 is 0 Å². The number of benzene rings is 1. The molecule has 0 heterocycles. The largest absolute Gasteiger partial charge is 0.381 e. The number of halogens is 1. The smallest absolute Gasteiger partial charge is 0.243 e. The first kappa shape index (κ1) is 14.8. The first-order valence-electron chi connectivity index (χ1n) is 6.83. The van der Waals surface area contributed by atoms with Gasteiger partial charge < -0.3 is 15.8 Å². The molecule has 0 radical (unpaired) electrons. The van der Waals surface area contributed by atoms with Gasteiger partial charge in [-0.2, -0.15) is 0 Å². The Balaban J connectivity index is 2.27. The number of primary amides is 1. The van der Waals surface area contributed by atoms with E-state index in [0.29, 0.717) is 18.5 Å². The van der Waals surface area contributed by atoms with E-state index >= 15 is 0 Å². The number of amides is 1. The van der Waals surface area contributed by atoms with Crippen molar-refractivity contribution in [2.45, 2.75) is 44.2 Å². The van der Waals surface area contributed by atoms with Crippen LogP contribution in [0.25, 0.3) is 0 Å². The number of ether oxygens (including phenoxy) is 1. The lowest BCUT2D eigenvalue weighted by atomic mass is 9.79. The maximum absolute atomic E-state index is 13.5. The average molecular weight is 280 g/mol. The van der Waals surface area contributed by atoms with Crippen molar-refractivity contribution in [1.82, 2.24) is 0 Å². The molecule has 2 atom stereocenters. The molecular weight excluding hydrogens is 259 g/mol. The molecule has 4 nitrogen and oxygen atoms in total. The van der Waals surface area contributed by atoms with E-state index in [9.17, 15) is 9.18 Å². The number of hydrogen-bond donors (Lipinski definition) is 2. The summed E-state index contributed by atoms with van der Waals surface area (Å²) < 4.78 is 18.8. The van der Waals surface area contributed by atoms with Crippen LogP contribution in [0.15, 0.2) is 18.2 Å². The Labute approximate surface area is 118 Å². The van der Waals surface area contributed by atoms with Crippen LogP contribution < -0.4 is 11.1 Å². The molecule has 1 aromatic rings. The highest BCUT2D eigenvalue weighted by Gasteiger charge is 2.41. The summed E-state index contributed by atoms with van der Waals surface area (Å²) in [6.45, 7) is 1.81. The molecule has 0 bridgehead atoms. The molecule has 20 heavy (non-hydrogen) atoms. The summed E-state index contributed by atoms with van der Waals surface area (Å²) in [4.78, 5) is 11.9. The van der Waals surface area contributed by atoms with Gasteiger partial charge in [0.2, 0.25) is 5.91 Å². The average Bonchev–Trinajstić information content (AvgIpc) is 2.37. The first-order chi connectivity index (χ1) is 9.45. The van der Waals surface area contributed by atoms with Crippen LogP contribution in [0.3, 0.4) is 0 Å². The third-order valence-electron chi connectivity index (χ3n) is 3.94. The van der Waals surface area contributed by atoms with Gasteiger partial charge >= 0.3 is 0 Å². The summed E-state index contributed by atoms with van der Waals surface area (Å²) in [6, 6.07) is 4.64. The standard InChI is InChI=1S/C15H21FN2O2/c1-10-6-11(16)8-12(7-10)18-15(14(17)19)5-3-4-13(9-15)20-2/h6-8,13,18H,3-5,9H2,1-2H3,(H2,17,19). The Morgan fingerprint density at radius 1 is 1.50 bits per heavy atom. The SMILES string of the molecule is COC1CCCC(Nc2cc(C)cc(F)c2)(C(N)=O)C1. The molecule has 1 aliphatic rings. The van der Waals surface area contributed by atoms with Gasteiger partial charge in [-0.3, -0.25) is 4.79 Å². The van der Waals surface area contributed by atoms with E-state index in [1.807, 2.05) is 13.0 Å². The number of hydrogen-bond acceptors (Lipinski definition) is 3. The molecule has 1 saturated carbocycles. The van der Waals surface area contributed by atoms with Crippen molar-refractivity contribution in [2.75, 3.05) is 12.4 Å². The predicted octanol–water partition coefficient (Wildman–Crippen LogP) is 2.36. The quantitative estimate of drug-likeness (QED) is 0.890. The van der Waals surface area contributed by atoms with E-state index in [4.69, 9.17) is 10.5 Å². The Morgan fingerprint density at radius 2 is 2.25 bits per heavy atom.